The zero-order valence-corrected chi connectivity index (χ0v) is 21.8. The minimum Gasteiger partial charge on any atom is -0.468 e. The molecule has 3 aromatic carbocycles. The number of benzene rings is 3. The van der Waals surface area contributed by atoms with E-state index in [0.717, 1.165) is 10.3 Å². The molecule has 0 radical (unpaired) electrons. The SMILES string of the molecule is COC(=O)Cn1c(=NC(=O)c2ccc(S(=O)(=O)N(C)Cc3ccccc3)cc2)sc2cccc(Cl)c21. The smallest absolute Gasteiger partial charge is 0.325 e. The Morgan fingerprint density at radius 3 is 2.39 bits per heavy atom. The molecular formula is C25H22ClN3O5S2. The Bertz CT molecular complexity index is 1590. The number of carbonyl (C=O) groups is 2. The van der Waals surface area contributed by atoms with E-state index in [0.29, 0.717) is 10.5 Å². The number of methoxy groups -OCH3 is 1. The highest BCUT2D eigenvalue weighted by Crippen LogP contribution is 2.25. The molecule has 8 nitrogen and oxygen atoms in total. The maximum Gasteiger partial charge on any atom is 0.325 e. The first kappa shape index (κ1) is 25.8. The summed E-state index contributed by atoms with van der Waals surface area (Å²) in [7, 11) is -0.985. The Balaban J connectivity index is 1.63. The van der Waals surface area contributed by atoms with Crippen molar-refractivity contribution in [3.63, 3.8) is 0 Å². The molecule has 1 aromatic heterocycles. The number of ether oxygens (including phenoxy) is 1. The molecule has 11 heteroatoms. The van der Waals surface area contributed by atoms with Crippen molar-refractivity contribution in [1.29, 1.82) is 0 Å². The molecule has 0 saturated heterocycles. The summed E-state index contributed by atoms with van der Waals surface area (Å²) in [5.41, 5.74) is 1.63. The fourth-order valence-corrected chi connectivity index (χ4v) is 6.09. The fraction of sp³-hybridized carbons (Fsp3) is 0.160. The largest absolute Gasteiger partial charge is 0.468 e. The predicted octanol–water partition coefficient (Wildman–Crippen LogP) is 4.09. The van der Waals surface area contributed by atoms with Crippen molar-refractivity contribution < 1.29 is 22.7 Å². The predicted molar refractivity (Wildman–Crippen MR) is 138 cm³/mol. The third-order valence-corrected chi connectivity index (χ3v) is 8.59. The molecule has 4 aromatic rings. The Hall–Kier alpha value is -3.31. The van der Waals surface area contributed by atoms with Gasteiger partial charge in [0.25, 0.3) is 5.91 Å². The van der Waals surface area contributed by atoms with Gasteiger partial charge in [-0.2, -0.15) is 9.30 Å². The number of esters is 1. The summed E-state index contributed by atoms with van der Waals surface area (Å²) in [5.74, 6) is -1.10. The van der Waals surface area contributed by atoms with Gasteiger partial charge < -0.3 is 9.30 Å². The molecule has 1 amide bonds. The Kier molecular flexibility index (Phi) is 7.70. The van der Waals surface area contributed by atoms with Crippen molar-refractivity contribution in [2.75, 3.05) is 14.2 Å². The zero-order chi connectivity index (χ0) is 25.9. The second kappa shape index (κ2) is 10.8. The standard InChI is InChI=1S/C25H22ClN3O5S2/c1-28(15-17-7-4-3-5-8-17)36(32,33)19-13-11-18(12-14-19)24(31)27-25-29(16-22(30)34-2)23-20(26)9-6-10-21(23)35-25/h3-14H,15-16H2,1-2H3. The second-order valence-corrected chi connectivity index (χ2v) is 11.3. The number of nitrogens with zero attached hydrogens (tertiary/aromatic N) is 3. The summed E-state index contributed by atoms with van der Waals surface area (Å²) < 4.78 is 34.3. The Morgan fingerprint density at radius 1 is 1.03 bits per heavy atom. The average Bonchev–Trinajstić information content (AvgIpc) is 3.22. The number of sulfonamides is 1. The van der Waals surface area contributed by atoms with Crippen LogP contribution in [-0.4, -0.2) is 43.3 Å². The molecule has 0 aliphatic rings. The minimum absolute atomic E-state index is 0.0619. The topological polar surface area (TPSA) is 98.0 Å². The number of amides is 1. The van der Waals surface area contributed by atoms with E-state index in [4.69, 9.17) is 16.3 Å². The summed E-state index contributed by atoms with van der Waals surface area (Å²) >= 11 is 7.55. The van der Waals surface area contributed by atoms with Gasteiger partial charge in [0.1, 0.15) is 6.54 Å². The van der Waals surface area contributed by atoms with E-state index in [2.05, 4.69) is 4.99 Å². The van der Waals surface area contributed by atoms with Gasteiger partial charge in [-0.1, -0.05) is 59.3 Å². The highest BCUT2D eigenvalue weighted by atomic mass is 35.5. The maximum atomic E-state index is 13.0. The summed E-state index contributed by atoms with van der Waals surface area (Å²) in [6.07, 6.45) is 0. The van der Waals surface area contributed by atoms with Gasteiger partial charge in [-0.3, -0.25) is 9.59 Å². The summed E-state index contributed by atoms with van der Waals surface area (Å²) in [6.45, 7) is 0.0468. The van der Waals surface area contributed by atoms with E-state index in [-0.39, 0.29) is 28.3 Å². The van der Waals surface area contributed by atoms with Crippen molar-refractivity contribution >= 4 is 55.1 Å². The number of para-hydroxylation sites is 1. The van der Waals surface area contributed by atoms with Crippen LogP contribution < -0.4 is 4.80 Å². The highest BCUT2D eigenvalue weighted by molar-refractivity contribution is 7.89. The third kappa shape index (κ3) is 5.41. The lowest BCUT2D eigenvalue weighted by atomic mass is 10.2. The molecule has 0 aliphatic carbocycles. The lowest BCUT2D eigenvalue weighted by Gasteiger charge is -2.17. The molecule has 1 heterocycles. The number of hydrogen-bond donors (Lipinski definition) is 0. The van der Waals surface area contributed by atoms with Crippen molar-refractivity contribution in [2.24, 2.45) is 4.99 Å². The van der Waals surface area contributed by atoms with Gasteiger partial charge in [0.05, 0.1) is 27.2 Å². The molecule has 4 rings (SSSR count). The van der Waals surface area contributed by atoms with E-state index in [1.807, 2.05) is 36.4 Å². The molecule has 0 N–H and O–H groups in total. The van der Waals surface area contributed by atoms with E-state index in [1.54, 1.807) is 12.1 Å². The average molecular weight is 544 g/mol. The second-order valence-electron chi connectivity index (χ2n) is 7.82. The van der Waals surface area contributed by atoms with Crippen LogP contribution >= 0.6 is 22.9 Å². The monoisotopic (exact) mass is 543 g/mol. The van der Waals surface area contributed by atoms with Gasteiger partial charge in [-0.05, 0) is 42.0 Å². The first-order chi connectivity index (χ1) is 17.2. The fourth-order valence-electron chi connectivity index (χ4n) is 3.54. The summed E-state index contributed by atoms with van der Waals surface area (Å²) in [5, 5.41) is 0.413. The summed E-state index contributed by atoms with van der Waals surface area (Å²) in [4.78, 5) is 29.4. The van der Waals surface area contributed by atoms with E-state index < -0.39 is 21.9 Å². The van der Waals surface area contributed by atoms with Gasteiger partial charge in [0.2, 0.25) is 10.0 Å². The minimum atomic E-state index is -3.76. The van der Waals surface area contributed by atoms with Gasteiger partial charge in [0, 0.05) is 19.2 Å². The Morgan fingerprint density at radius 2 is 1.72 bits per heavy atom. The normalized spacial score (nSPS) is 12.3. The molecule has 186 valence electrons. The zero-order valence-electron chi connectivity index (χ0n) is 19.4. The van der Waals surface area contributed by atoms with Crippen LogP contribution in [0.4, 0.5) is 0 Å². The van der Waals surface area contributed by atoms with Gasteiger partial charge in [0.15, 0.2) is 4.80 Å². The van der Waals surface area contributed by atoms with Crippen molar-refractivity contribution in [1.82, 2.24) is 8.87 Å². The number of aromatic nitrogens is 1. The first-order valence-corrected chi connectivity index (χ1v) is 13.4. The van der Waals surface area contributed by atoms with Gasteiger partial charge >= 0.3 is 5.97 Å². The maximum absolute atomic E-state index is 13.0. The van der Waals surface area contributed by atoms with Crippen LogP contribution in [0.3, 0.4) is 0 Å². The van der Waals surface area contributed by atoms with Crippen LogP contribution in [0.15, 0.2) is 82.7 Å². The van der Waals surface area contributed by atoms with Crippen molar-refractivity contribution in [3.05, 3.63) is 93.7 Å². The van der Waals surface area contributed by atoms with Crippen LogP contribution in [0, 0.1) is 0 Å². The van der Waals surface area contributed by atoms with Crippen LogP contribution in [0.2, 0.25) is 5.02 Å². The summed E-state index contributed by atoms with van der Waals surface area (Å²) in [6, 6.07) is 20.1. The molecule has 0 atom stereocenters. The number of halogens is 1. The molecule has 0 fully saturated rings. The lowest BCUT2D eigenvalue weighted by Crippen LogP contribution is -2.26. The van der Waals surface area contributed by atoms with Crippen LogP contribution in [-0.2, 0) is 32.6 Å². The van der Waals surface area contributed by atoms with Gasteiger partial charge in [-0.25, -0.2) is 8.42 Å². The van der Waals surface area contributed by atoms with Crippen molar-refractivity contribution in [2.45, 2.75) is 18.0 Å². The van der Waals surface area contributed by atoms with Crippen LogP contribution in [0.25, 0.3) is 10.2 Å². The highest BCUT2D eigenvalue weighted by Gasteiger charge is 2.21. The quantitative estimate of drug-likeness (QED) is 0.327. The first-order valence-electron chi connectivity index (χ1n) is 10.7. The molecule has 0 unspecified atom stereocenters. The van der Waals surface area contributed by atoms with Crippen LogP contribution in [0.1, 0.15) is 15.9 Å². The molecule has 36 heavy (non-hydrogen) atoms. The molecular weight excluding hydrogens is 522 g/mol. The Labute approximate surface area is 217 Å². The number of rotatable bonds is 7. The van der Waals surface area contributed by atoms with Crippen LogP contribution in [0.5, 0.6) is 0 Å². The number of thiazole rings is 1. The number of fused-ring (bicyclic) bond motifs is 1. The van der Waals surface area contributed by atoms with E-state index >= 15 is 0 Å². The molecule has 0 bridgehead atoms. The molecule has 0 spiro atoms. The molecule has 0 saturated carbocycles. The van der Waals surface area contributed by atoms with Crippen molar-refractivity contribution in [3.8, 4) is 0 Å². The number of hydrogen-bond acceptors (Lipinski definition) is 6. The number of carbonyl (C=O) groups excluding carboxylic acids is 2. The third-order valence-electron chi connectivity index (χ3n) is 5.42. The van der Waals surface area contributed by atoms with E-state index in [1.165, 1.54) is 58.6 Å². The lowest BCUT2D eigenvalue weighted by molar-refractivity contribution is -0.141. The van der Waals surface area contributed by atoms with E-state index in [9.17, 15) is 18.0 Å². The van der Waals surface area contributed by atoms with Gasteiger partial charge in [-0.15, -0.1) is 0 Å². The molecule has 0 aliphatic heterocycles.